The Bertz CT molecular complexity index is 4050. The zero-order valence-electron chi connectivity index (χ0n) is 39.0. The van der Waals surface area contributed by atoms with Crippen LogP contribution in [-0.4, -0.2) is 0 Å². The van der Waals surface area contributed by atoms with Gasteiger partial charge in [0.2, 0.25) is 0 Å². The molecular weight excluding hydrogens is 839 g/mol. The number of para-hydroxylation sites is 1. The summed E-state index contributed by atoms with van der Waals surface area (Å²) in [6, 6.07) is 77.4. The smallest absolute Gasteiger partial charge is 0.143 e. The topological polar surface area (TPSA) is 29.5 Å². The molecule has 12 aromatic rings. The van der Waals surface area contributed by atoms with Crippen molar-refractivity contribution >= 4 is 60.9 Å². The molecule has 0 saturated carbocycles. The highest BCUT2D eigenvalue weighted by Gasteiger charge is 2.37. The monoisotopic (exact) mass is 885 g/mol. The Morgan fingerprint density at radius 2 is 0.797 bits per heavy atom. The first-order chi connectivity index (χ1) is 33.7. The van der Waals surface area contributed by atoms with E-state index < -0.39 is 0 Å². The van der Waals surface area contributed by atoms with E-state index in [9.17, 15) is 0 Å². The van der Waals surface area contributed by atoms with Gasteiger partial charge in [-0.2, -0.15) is 0 Å². The first-order valence-corrected chi connectivity index (χ1v) is 24.1. The Hall–Kier alpha value is -8.40. The minimum atomic E-state index is -0.131. The fourth-order valence-corrected chi connectivity index (χ4v) is 12.0. The Balaban J connectivity index is 0.937. The summed E-state index contributed by atoms with van der Waals surface area (Å²) >= 11 is 0. The summed E-state index contributed by atoms with van der Waals surface area (Å²) in [4.78, 5) is 2.39. The second-order valence-electron chi connectivity index (χ2n) is 20.0. The molecule has 0 saturated heterocycles. The number of hydrogen-bond donors (Lipinski definition) is 0. The lowest BCUT2D eigenvalue weighted by Crippen LogP contribution is -2.16. The summed E-state index contributed by atoms with van der Waals surface area (Å²) in [6.07, 6.45) is 0. The van der Waals surface area contributed by atoms with Gasteiger partial charge in [0.25, 0.3) is 0 Å². The average molecular weight is 886 g/mol. The lowest BCUT2D eigenvalue weighted by Gasteiger charge is -2.28. The number of benzene rings is 10. The van der Waals surface area contributed by atoms with Crippen LogP contribution >= 0.6 is 0 Å². The van der Waals surface area contributed by atoms with E-state index in [4.69, 9.17) is 8.83 Å². The van der Waals surface area contributed by atoms with Crippen molar-refractivity contribution in [2.45, 2.75) is 38.5 Å². The number of fused-ring (bicyclic) bond motifs is 13. The molecule has 0 bridgehead atoms. The molecule has 3 nitrogen and oxygen atoms in total. The van der Waals surface area contributed by atoms with Crippen LogP contribution in [0.2, 0.25) is 0 Å². The van der Waals surface area contributed by atoms with E-state index >= 15 is 0 Å². The van der Waals surface area contributed by atoms with Crippen molar-refractivity contribution in [1.82, 2.24) is 0 Å². The van der Waals surface area contributed by atoms with Gasteiger partial charge in [0, 0.05) is 55.0 Å². The molecule has 2 aromatic heterocycles. The van der Waals surface area contributed by atoms with E-state index in [0.29, 0.717) is 0 Å². The molecule has 0 radical (unpaired) electrons. The van der Waals surface area contributed by atoms with Crippen molar-refractivity contribution < 1.29 is 8.83 Å². The average Bonchev–Trinajstić information content (AvgIpc) is 4.10. The van der Waals surface area contributed by atoms with Gasteiger partial charge in [0.15, 0.2) is 0 Å². The summed E-state index contributed by atoms with van der Waals surface area (Å²) in [6.45, 7) is 9.40. The van der Waals surface area contributed by atoms with Gasteiger partial charge in [0.1, 0.15) is 22.3 Å². The number of hydrogen-bond acceptors (Lipinski definition) is 3. The third-order valence-electron chi connectivity index (χ3n) is 15.5. The molecule has 69 heavy (non-hydrogen) atoms. The fraction of sp³-hybridized carbons (Fsp3) is 0.0909. The number of furan rings is 2. The Morgan fingerprint density at radius 3 is 1.49 bits per heavy atom. The van der Waals surface area contributed by atoms with Crippen LogP contribution in [-0.2, 0) is 10.8 Å². The lowest BCUT2D eigenvalue weighted by atomic mass is 9.81. The molecule has 2 heterocycles. The maximum atomic E-state index is 7.11. The molecule has 0 unspecified atom stereocenters. The first kappa shape index (κ1) is 39.7. The molecule has 10 aromatic carbocycles. The molecule has 328 valence electrons. The Kier molecular flexibility index (Phi) is 8.38. The minimum absolute atomic E-state index is 0.131. The van der Waals surface area contributed by atoms with Crippen molar-refractivity contribution in [3.63, 3.8) is 0 Å². The molecule has 0 N–H and O–H groups in total. The molecule has 0 spiro atoms. The van der Waals surface area contributed by atoms with Gasteiger partial charge in [0.05, 0.1) is 0 Å². The minimum Gasteiger partial charge on any atom is -0.456 e. The van der Waals surface area contributed by atoms with Gasteiger partial charge in [-0.15, -0.1) is 0 Å². The third-order valence-corrected chi connectivity index (χ3v) is 15.5. The van der Waals surface area contributed by atoms with Gasteiger partial charge >= 0.3 is 0 Å². The van der Waals surface area contributed by atoms with Crippen molar-refractivity contribution in [3.05, 3.63) is 235 Å². The number of nitrogens with zero attached hydrogens (tertiary/aromatic N) is 1. The van der Waals surface area contributed by atoms with Crippen LogP contribution in [0.4, 0.5) is 17.1 Å². The normalized spacial score (nSPS) is 14.0. The Morgan fingerprint density at radius 1 is 0.304 bits per heavy atom. The summed E-state index contributed by atoms with van der Waals surface area (Å²) in [5.41, 5.74) is 24.0. The standard InChI is InChI=1S/C66H47NO2/c1-65(2)54-19-11-8-16-49(54)51-32-26-43(38-56(51)65)47-34-35-48(64-62(47)63-60(69-64)37-36-59-61(63)53-18-10-13-21-58(53)68-59)42-24-29-45(30-25-42)67(44-27-22-41(23-28-44)40-14-6-5-7-15-40)46-31-33-52-50-17-9-12-20-55(50)66(3,4)57(52)39-46/h5-39H,1-4H3. The van der Waals surface area contributed by atoms with Crippen LogP contribution in [0.1, 0.15) is 49.9 Å². The SMILES string of the molecule is CC1(C)c2ccccc2-c2ccc(-c3ccc(-c4ccc(N(c5ccc(-c6ccccc6)cc5)c5ccc6c(c5)C(C)(C)c5ccccc5-6)cc4)c4oc5ccc6oc7ccccc7c6c5c34)cc21. The van der Waals surface area contributed by atoms with Crippen molar-refractivity contribution in [2.75, 3.05) is 4.90 Å². The summed E-state index contributed by atoms with van der Waals surface area (Å²) in [7, 11) is 0. The molecule has 0 aliphatic heterocycles. The van der Waals surface area contributed by atoms with E-state index in [1.54, 1.807) is 0 Å². The van der Waals surface area contributed by atoms with Crippen molar-refractivity contribution in [3.8, 4) is 55.6 Å². The molecule has 0 fully saturated rings. The van der Waals surface area contributed by atoms with Crippen LogP contribution in [0.15, 0.2) is 221 Å². The van der Waals surface area contributed by atoms with Gasteiger partial charge in [-0.1, -0.05) is 173 Å². The summed E-state index contributed by atoms with van der Waals surface area (Å²) in [5, 5.41) is 4.34. The van der Waals surface area contributed by atoms with Crippen LogP contribution < -0.4 is 4.90 Å². The highest BCUT2D eigenvalue weighted by atomic mass is 16.3. The van der Waals surface area contributed by atoms with Crippen molar-refractivity contribution in [1.29, 1.82) is 0 Å². The van der Waals surface area contributed by atoms with Crippen LogP contribution in [0, 0.1) is 0 Å². The fourth-order valence-electron chi connectivity index (χ4n) is 12.0. The first-order valence-electron chi connectivity index (χ1n) is 24.1. The second kappa shape index (κ2) is 14.6. The third kappa shape index (κ3) is 5.80. The van der Waals surface area contributed by atoms with Crippen LogP contribution in [0.5, 0.6) is 0 Å². The predicted octanol–water partition coefficient (Wildman–Crippen LogP) is 18.6. The van der Waals surface area contributed by atoms with E-state index in [2.05, 4.69) is 239 Å². The second-order valence-corrected chi connectivity index (χ2v) is 20.0. The molecule has 0 amide bonds. The molecule has 0 atom stereocenters. The molecule has 2 aliphatic carbocycles. The maximum absolute atomic E-state index is 7.11. The Labute approximate surface area is 401 Å². The quantitative estimate of drug-likeness (QED) is 0.167. The lowest BCUT2D eigenvalue weighted by molar-refractivity contribution is 0.660. The van der Waals surface area contributed by atoms with Crippen LogP contribution in [0.25, 0.3) is 99.5 Å². The van der Waals surface area contributed by atoms with Gasteiger partial charge in [-0.05, 0) is 139 Å². The van der Waals surface area contributed by atoms with E-state index in [1.807, 2.05) is 6.07 Å². The molecule has 2 aliphatic rings. The molecule has 14 rings (SSSR count). The van der Waals surface area contributed by atoms with Crippen molar-refractivity contribution in [2.24, 2.45) is 0 Å². The predicted molar refractivity (Wildman–Crippen MR) is 287 cm³/mol. The largest absolute Gasteiger partial charge is 0.456 e. The van der Waals surface area contributed by atoms with E-state index in [-0.39, 0.29) is 10.8 Å². The summed E-state index contributed by atoms with van der Waals surface area (Å²) < 4.78 is 13.6. The number of rotatable bonds is 6. The zero-order valence-corrected chi connectivity index (χ0v) is 39.0. The van der Waals surface area contributed by atoms with E-state index in [1.165, 1.54) is 61.2 Å². The highest BCUT2D eigenvalue weighted by molar-refractivity contribution is 6.29. The van der Waals surface area contributed by atoms with Gasteiger partial charge in [-0.3, -0.25) is 0 Å². The highest BCUT2D eigenvalue weighted by Crippen LogP contribution is 2.53. The number of anilines is 3. The molecule has 3 heteroatoms. The maximum Gasteiger partial charge on any atom is 0.143 e. The zero-order chi connectivity index (χ0) is 46.2. The molecular formula is C66H47NO2. The summed E-state index contributed by atoms with van der Waals surface area (Å²) in [5.74, 6) is 0. The van der Waals surface area contributed by atoms with Crippen LogP contribution in [0.3, 0.4) is 0 Å². The van der Waals surface area contributed by atoms with Gasteiger partial charge < -0.3 is 13.7 Å². The van der Waals surface area contributed by atoms with E-state index in [0.717, 1.165) is 77.6 Å². The van der Waals surface area contributed by atoms with Gasteiger partial charge in [-0.25, -0.2) is 0 Å².